The minimum Gasteiger partial charge on any atom is -0.472 e. The SMILES string of the molecule is Cc1ccc(OC2CCN(C(=O)CCc3ccccc3)C2)nc1. The molecule has 2 heterocycles. The molecule has 0 spiro atoms. The van der Waals surface area contributed by atoms with E-state index in [4.69, 9.17) is 4.74 Å². The molecule has 1 saturated heterocycles. The van der Waals surface area contributed by atoms with Crippen molar-refractivity contribution in [3.05, 3.63) is 59.8 Å². The number of benzene rings is 1. The second kappa shape index (κ2) is 7.27. The van der Waals surface area contributed by atoms with Crippen LogP contribution in [-0.4, -0.2) is 35.0 Å². The first-order valence-electron chi connectivity index (χ1n) is 8.12. The second-order valence-electron chi connectivity index (χ2n) is 6.03. The number of carbonyl (C=O) groups excluding carboxylic acids is 1. The zero-order chi connectivity index (χ0) is 16.1. The molecule has 3 rings (SSSR count). The predicted molar refractivity (Wildman–Crippen MR) is 89.4 cm³/mol. The quantitative estimate of drug-likeness (QED) is 0.852. The number of pyridine rings is 1. The molecule has 0 radical (unpaired) electrons. The van der Waals surface area contributed by atoms with Crippen LogP contribution in [0.1, 0.15) is 24.0 Å². The Bertz CT molecular complexity index is 640. The number of ether oxygens (including phenoxy) is 1. The van der Waals surface area contributed by atoms with E-state index in [9.17, 15) is 4.79 Å². The van der Waals surface area contributed by atoms with Gasteiger partial charge in [-0.25, -0.2) is 4.98 Å². The van der Waals surface area contributed by atoms with Gasteiger partial charge in [-0.1, -0.05) is 36.4 Å². The third-order valence-corrected chi connectivity index (χ3v) is 4.14. The standard InChI is InChI=1S/C19H22N2O2/c1-15-7-9-18(20-13-15)23-17-11-12-21(14-17)19(22)10-8-16-5-3-2-4-6-16/h2-7,9,13,17H,8,10-12,14H2,1H3. The summed E-state index contributed by atoms with van der Waals surface area (Å²) in [5.74, 6) is 0.844. The molecule has 0 saturated carbocycles. The lowest BCUT2D eigenvalue weighted by atomic mass is 10.1. The Morgan fingerprint density at radius 1 is 1.26 bits per heavy atom. The molecule has 1 fully saturated rings. The second-order valence-corrected chi connectivity index (χ2v) is 6.03. The minimum atomic E-state index is 0.0471. The van der Waals surface area contributed by atoms with Gasteiger partial charge in [0.2, 0.25) is 11.8 Å². The summed E-state index contributed by atoms with van der Waals surface area (Å²) in [6.07, 6.45) is 4.06. The van der Waals surface area contributed by atoms with Crippen LogP contribution in [-0.2, 0) is 11.2 Å². The molecule has 4 nitrogen and oxygen atoms in total. The maximum absolute atomic E-state index is 12.3. The van der Waals surface area contributed by atoms with E-state index in [-0.39, 0.29) is 12.0 Å². The molecule has 0 N–H and O–H groups in total. The van der Waals surface area contributed by atoms with Crippen molar-refractivity contribution in [2.24, 2.45) is 0 Å². The molecular formula is C19H22N2O2. The topological polar surface area (TPSA) is 42.4 Å². The summed E-state index contributed by atoms with van der Waals surface area (Å²) in [7, 11) is 0. The van der Waals surface area contributed by atoms with E-state index < -0.39 is 0 Å². The highest BCUT2D eigenvalue weighted by molar-refractivity contribution is 5.76. The molecule has 4 heteroatoms. The summed E-state index contributed by atoms with van der Waals surface area (Å²) in [4.78, 5) is 18.5. The smallest absolute Gasteiger partial charge is 0.223 e. The first-order chi connectivity index (χ1) is 11.2. The average Bonchev–Trinajstić information content (AvgIpc) is 3.04. The van der Waals surface area contributed by atoms with Crippen LogP contribution in [0.2, 0.25) is 0 Å². The molecule has 1 aromatic heterocycles. The summed E-state index contributed by atoms with van der Waals surface area (Å²) in [6, 6.07) is 14.0. The highest BCUT2D eigenvalue weighted by atomic mass is 16.5. The van der Waals surface area contributed by atoms with Gasteiger partial charge in [0.25, 0.3) is 0 Å². The highest BCUT2D eigenvalue weighted by Crippen LogP contribution is 2.18. The molecule has 2 aromatic rings. The number of nitrogens with zero attached hydrogens (tertiary/aromatic N) is 2. The Balaban J connectivity index is 1.47. The van der Waals surface area contributed by atoms with Crippen molar-refractivity contribution >= 4 is 5.91 Å². The number of hydrogen-bond acceptors (Lipinski definition) is 3. The summed E-state index contributed by atoms with van der Waals surface area (Å²) >= 11 is 0. The Kier molecular flexibility index (Phi) is 4.91. The number of rotatable bonds is 5. The van der Waals surface area contributed by atoms with Crippen LogP contribution in [0.4, 0.5) is 0 Å². The fourth-order valence-corrected chi connectivity index (χ4v) is 2.80. The zero-order valence-corrected chi connectivity index (χ0v) is 13.4. The van der Waals surface area contributed by atoms with E-state index in [1.165, 1.54) is 5.56 Å². The van der Waals surface area contributed by atoms with Gasteiger partial charge in [-0.2, -0.15) is 0 Å². The molecule has 0 aliphatic carbocycles. The maximum atomic E-state index is 12.3. The van der Waals surface area contributed by atoms with Gasteiger partial charge < -0.3 is 9.64 Å². The van der Waals surface area contributed by atoms with Crippen molar-refractivity contribution in [2.75, 3.05) is 13.1 Å². The molecule has 120 valence electrons. The summed E-state index contributed by atoms with van der Waals surface area (Å²) in [5.41, 5.74) is 2.32. The number of hydrogen-bond donors (Lipinski definition) is 0. The number of carbonyl (C=O) groups is 1. The number of aryl methyl sites for hydroxylation is 2. The van der Waals surface area contributed by atoms with E-state index in [2.05, 4.69) is 17.1 Å². The normalized spacial score (nSPS) is 17.3. The average molecular weight is 310 g/mol. The Hall–Kier alpha value is -2.36. The maximum Gasteiger partial charge on any atom is 0.223 e. The van der Waals surface area contributed by atoms with Crippen LogP contribution in [0.5, 0.6) is 5.88 Å². The third-order valence-electron chi connectivity index (χ3n) is 4.14. The van der Waals surface area contributed by atoms with Crippen molar-refractivity contribution < 1.29 is 9.53 Å². The van der Waals surface area contributed by atoms with Crippen LogP contribution in [0.25, 0.3) is 0 Å². The highest BCUT2D eigenvalue weighted by Gasteiger charge is 2.27. The van der Waals surface area contributed by atoms with Gasteiger partial charge in [0, 0.05) is 31.6 Å². The number of amides is 1. The molecule has 23 heavy (non-hydrogen) atoms. The van der Waals surface area contributed by atoms with E-state index >= 15 is 0 Å². The van der Waals surface area contributed by atoms with Crippen molar-refractivity contribution in [2.45, 2.75) is 32.3 Å². The fraction of sp³-hybridized carbons (Fsp3) is 0.368. The van der Waals surface area contributed by atoms with E-state index in [1.54, 1.807) is 6.20 Å². The number of aromatic nitrogens is 1. The third kappa shape index (κ3) is 4.31. The van der Waals surface area contributed by atoms with E-state index in [1.807, 2.05) is 42.2 Å². The van der Waals surface area contributed by atoms with Crippen molar-refractivity contribution in [3.63, 3.8) is 0 Å². The van der Waals surface area contributed by atoms with Crippen LogP contribution in [0, 0.1) is 6.92 Å². The van der Waals surface area contributed by atoms with Crippen LogP contribution >= 0.6 is 0 Å². The van der Waals surface area contributed by atoms with Gasteiger partial charge in [-0.3, -0.25) is 4.79 Å². The van der Waals surface area contributed by atoms with E-state index in [0.717, 1.165) is 24.9 Å². The van der Waals surface area contributed by atoms with Crippen molar-refractivity contribution in [1.82, 2.24) is 9.88 Å². The molecule has 1 aromatic carbocycles. The van der Waals surface area contributed by atoms with Crippen LogP contribution in [0.3, 0.4) is 0 Å². The minimum absolute atomic E-state index is 0.0471. The zero-order valence-electron chi connectivity index (χ0n) is 13.4. The van der Waals surface area contributed by atoms with Gasteiger partial charge in [0.05, 0.1) is 6.54 Å². The van der Waals surface area contributed by atoms with Crippen molar-refractivity contribution in [3.8, 4) is 5.88 Å². The number of likely N-dealkylation sites (tertiary alicyclic amines) is 1. The molecule has 1 aliphatic rings. The van der Waals surface area contributed by atoms with Gasteiger partial charge in [-0.05, 0) is 24.5 Å². The Morgan fingerprint density at radius 3 is 2.83 bits per heavy atom. The van der Waals surface area contributed by atoms with Crippen molar-refractivity contribution in [1.29, 1.82) is 0 Å². The lowest BCUT2D eigenvalue weighted by Gasteiger charge is -2.17. The largest absolute Gasteiger partial charge is 0.472 e. The first kappa shape index (κ1) is 15.5. The Morgan fingerprint density at radius 2 is 2.09 bits per heavy atom. The van der Waals surface area contributed by atoms with Gasteiger partial charge in [-0.15, -0.1) is 0 Å². The van der Waals surface area contributed by atoms with Crippen LogP contribution < -0.4 is 4.74 Å². The molecular weight excluding hydrogens is 288 g/mol. The molecule has 1 aliphatic heterocycles. The molecule has 1 amide bonds. The summed E-state index contributed by atoms with van der Waals surface area (Å²) < 4.78 is 5.87. The monoisotopic (exact) mass is 310 g/mol. The molecule has 1 unspecified atom stereocenters. The fourth-order valence-electron chi connectivity index (χ4n) is 2.80. The van der Waals surface area contributed by atoms with Crippen LogP contribution in [0.15, 0.2) is 48.7 Å². The van der Waals surface area contributed by atoms with Gasteiger partial charge in [0.15, 0.2) is 0 Å². The van der Waals surface area contributed by atoms with E-state index in [0.29, 0.717) is 18.8 Å². The summed E-state index contributed by atoms with van der Waals surface area (Å²) in [6.45, 7) is 3.42. The predicted octanol–water partition coefficient (Wildman–Crippen LogP) is 3.00. The Labute approximate surface area is 137 Å². The summed E-state index contributed by atoms with van der Waals surface area (Å²) in [5, 5.41) is 0. The van der Waals surface area contributed by atoms with Gasteiger partial charge >= 0.3 is 0 Å². The van der Waals surface area contributed by atoms with Gasteiger partial charge in [0.1, 0.15) is 6.10 Å². The lowest BCUT2D eigenvalue weighted by molar-refractivity contribution is -0.130. The molecule has 1 atom stereocenters. The lowest BCUT2D eigenvalue weighted by Crippen LogP contribution is -2.31. The molecule has 0 bridgehead atoms. The first-order valence-corrected chi connectivity index (χ1v) is 8.12.